The lowest BCUT2D eigenvalue weighted by Crippen LogP contribution is -2.19. The van der Waals surface area contributed by atoms with Gasteiger partial charge in [0.25, 0.3) is 0 Å². The lowest BCUT2D eigenvalue weighted by atomic mass is 10.2. The van der Waals surface area contributed by atoms with Crippen LogP contribution in [0.2, 0.25) is 0 Å². The molecule has 1 aromatic carbocycles. The molecule has 23 heavy (non-hydrogen) atoms. The highest BCUT2D eigenvalue weighted by molar-refractivity contribution is 7.71. The maximum atomic E-state index is 12.3. The maximum absolute atomic E-state index is 12.3. The minimum Gasteiger partial charge on any atom is -0.324 e. The predicted octanol–water partition coefficient (Wildman–Crippen LogP) is 3.29. The second kappa shape index (κ2) is 6.60. The van der Waals surface area contributed by atoms with Crippen LogP contribution in [-0.2, 0) is 11.3 Å². The molecule has 0 spiro atoms. The Balaban J connectivity index is 1.80. The first-order chi connectivity index (χ1) is 11.2. The van der Waals surface area contributed by atoms with E-state index in [1.807, 2.05) is 17.5 Å². The van der Waals surface area contributed by atoms with Crippen molar-refractivity contribution in [1.29, 1.82) is 0 Å². The molecule has 2 heterocycles. The zero-order chi connectivity index (χ0) is 16.2. The van der Waals surface area contributed by atoms with E-state index in [9.17, 15) is 4.79 Å². The fraction of sp³-hybridized carbons (Fsp3) is 0.0625. The van der Waals surface area contributed by atoms with Gasteiger partial charge in [-0.05, 0) is 41.9 Å². The number of hydrogen-bond acceptors (Lipinski definition) is 4. The van der Waals surface area contributed by atoms with Crippen LogP contribution in [0.4, 0.5) is 5.69 Å². The van der Waals surface area contributed by atoms with Gasteiger partial charge in [-0.15, -0.1) is 17.8 Å². The molecule has 0 saturated carbocycles. The number of carbonyl (C=O) groups is 1. The Labute approximate surface area is 142 Å². The van der Waals surface area contributed by atoms with Gasteiger partial charge in [-0.2, -0.15) is 5.10 Å². The Morgan fingerprint density at radius 1 is 1.43 bits per heavy atom. The van der Waals surface area contributed by atoms with Crippen LogP contribution in [0.25, 0.3) is 10.7 Å². The number of aromatic nitrogens is 3. The fourth-order valence-electron chi connectivity index (χ4n) is 2.09. The number of aromatic amines is 1. The van der Waals surface area contributed by atoms with Crippen LogP contribution in [-0.4, -0.2) is 20.7 Å². The number of hydrogen-bond donors (Lipinski definition) is 2. The van der Waals surface area contributed by atoms with Gasteiger partial charge in [0.2, 0.25) is 5.91 Å². The van der Waals surface area contributed by atoms with Crippen molar-refractivity contribution < 1.29 is 4.79 Å². The summed E-state index contributed by atoms with van der Waals surface area (Å²) in [5.74, 6) is 2.99. The van der Waals surface area contributed by atoms with Crippen LogP contribution in [0.15, 0.2) is 41.8 Å². The zero-order valence-corrected chi connectivity index (χ0v) is 13.6. The summed E-state index contributed by atoms with van der Waals surface area (Å²) >= 11 is 6.75. The van der Waals surface area contributed by atoms with Gasteiger partial charge in [0.15, 0.2) is 10.6 Å². The summed E-state index contributed by atoms with van der Waals surface area (Å²) in [4.78, 5) is 13.2. The van der Waals surface area contributed by atoms with Crippen molar-refractivity contribution in [3.05, 3.63) is 52.1 Å². The van der Waals surface area contributed by atoms with Crippen molar-refractivity contribution in [2.75, 3.05) is 5.32 Å². The summed E-state index contributed by atoms with van der Waals surface area (Å²) < 4.78 is 2.07. The highest BCUT2D eigenvalue weighted by atomic mass is 32.1. The van der Waals surface area contributed by atoms with Crippen molar-refractivity contribution in [2.45, 2.75) is 6.54 Å². The topological polar surface area (TPSA) is 62.7 Å². The molecule has 5 nitrogen and oxygen atoms in total. The molecular formula is C16H12N4OS2. The maximum Gasteiger partial charge on any atom is 0.244 e. The lowest BCUT2D eigenvalue weighted by Gasteiger charge is -2.08. The van der Waals surface area contributed by atoms with Crippen LogP contribution < -0.4 is 5.32 Å². The number of terminal acetylenes is 1. The monoisotopic (exact) mass is 340 g/mol. The molecule has 0 aliphatic heterocycles. The van der Waals surface area contributed by atoms with E-state index in [0.29, 0.717) is 21.8 Å². The molecule has 2 aromatic heterocycles. The highest BCUT2D eigenvalue weighted by Gasteiger charge is 2.13. The van der Waals surface area contributed by atoms with Crippen molar-refractivity contribution >= 4 is 35.1 Å². The van der Waals surface area contributed by atoms with Gasteiger partial charge in [0, 0.05) is 11.3 Å². The first-order valence-electron chi connectivity index (χ1n) is 6.73. The summed E-state index contributed by atoms with van der Waals surface area (Å²) in [6.07, 6.45) is 5.36. The van der Waals surface area contributed by atoms with E-state index in [0.717, 1.165) is 4.88 Å². The molecule has 0 radical (unpaired) electrons. The van der Waals surface area contributed by atoms with Crippen LogP contribution in [0.3, 0.4) is 0 Å². The van der Waals surface area contributed by atoms with Crippen LogP contribution >= 0.6 is 23.6 Å². The average molecular weight is 340 g/mol. The summed E-state index contributed by atoms with van der Waals surface area (Å²) in [5, 5.41) is 11.7. The molecule has 1 amide bonds. The molecule has 3 rings (SSSR count). The molecule has 0 aliphatic carbocycles. The normalized spacial score (nSPS) is 10.2. The quantitative estimate of drug-likeness (QED) is 0.566. The highest BCUT2D eigenvalue weighted by Crippen LogP contribution is 2.22. The van der Waals surface area contributed by atoms with E-state index in [2.05, 4.69) is 21.4 Å². The van der Waals surface area contributed by atoms with Crippen LogP contribution in [0, 0.1) is 17.1 Å². The molecular weight excluding hydrogens is 328 g/mol. The van der Waals surface area contributed by atoms with Gasteiger partial charge in [-0.3, -0.25) is 14.5 Å². The third-order valence-electron chi connectivity index (χ3n) is 3.11. The standard InChI is InChI=1S/C16H12N4OS2/c1-2-11-5-3-6-12(9-11)17-14(21)10-20-15(18-19-16(20)22)13-7-4-8-23-13/h1,3-9H,10H2,(H,17,21)(H,19,22). The number of amides is 1. The molecule has 0 saturated heterocycles. The molecule has 0 atom stereocenters. The molecule has 0 unspecified atom stereocenters. The van der Waals surface area contributed by atoms with Crippen LogP contribution in [0.5, 0.6) is 0 Å². The number of carbonyl (C=O) groups excluding carboxylic acids is 1. The van der Waals surface area contributed by atoms with Gasteiger partial charge in [-0.1, -0.05) is 18.1 Å². The summed E-state index contributed by atoms with van der Waals surface area (Å²) in [7, 11) is 0. The van der Waals surface area contributed by atoms with Gasteiger partial charge in [0.05, 0.1) is 4.88 Å². The van der Waals surface area contributed by atoms with Gasteiger partial charge in [0.1, 0.15) is 6.54 Å². The first kappa shape index (κ1) is 15.2. The average Bonchev–Trinajstić information content (AvgIpc) is 3.18. The second-order valence-corrected chi connectivity index (χ2v) is 6.02. The first-order valence-corrected chi connectivity index (χ1v) is 8.02. The van der Waals surface area contributed by atoms with E-state index in [-0.39, 0.29) is 12.5 Å². The summed E-state index contributed by atoms with van der Waals surface area (Å²) in [6.45, 7) is 0.0723. The molecule has 3 aromatic rings. The van der Waals surface area contributed by atoms with Crippen molar-refractivity contribution in [1.82, 2.24) is 14.8 Å². The molecule has 0 fully saturated rings. The summed E-state index contributed by atoms with van der Waals surface area (Å²) in [6, 6.07) is 11.0. The third-order valence-corrected chi connectivity index (χ3v) is 4.29. The predicted molar refractivity (Wildman–Crippen MR) is 93.7 cm³/mol. The van der Waals surface area contributed by atoms with E-state index < -0.39 is 0 Å². The Morgan fingerprint density at radius 3 is 3.04 bits per heavy atom. The fourth-order valence-corrected chi connectivity index (χ4v) is 3.01. The minimum absolute atomic E-state index is 0.0723. The number of nitrogens with zero attached hydrogens (tertiary/aromatic N) is 2. The number of benzene rings is 1. The van der Waals surface area contributed by atoms with Gasteiger partial charge >= 0.3 is 0 Å². The van der Waals surface area contributed by atoms with E-state index in [1.165, 1.54) is 11.3 Å². The van der Waals surface area contributed by atoms with Crippen LogP contribution in [0.1, 0.15) is 5.56 Å². The van der Waals surface area contributed by atoms with E-state index >= 15 is 0 Å². The molecule has 2 N–H and O–H groups in total. The molecule has 0 bridgehead atoms. The third kappa shape index (κ3) is 3.39. The van der Waals surface area contributed by atoms with Crippen molar-refractivity contribution in [3.63, 3.8) is 0 Å². The smallest absolute Gasteiger partial charge is 0.244 e. The summed E-state index contributed by atoms with van der Waals surface area (Å²) in [5.41, 5.74) is 1.36. The molecule has 114 valence electrons. The number of anilines is 1. The minimum atomic E-state index is -0.200. The van der Waals surface area contributed by atoms with E-state index in [1.54, 1.807) is 28.8 Å². The number of rotatable bonds is 4. The van der Waals surface area contributed by atoms with Gasteiger partial charge < -0.3 is 5.32 Å². The number of nitrogens with one attached hydrogen (secondary N) is 2. The zero-order valence-electron chi connectivity index (χ0n) is 11.9. The molecule has 7 heteroatoms. The van der Waals surface area contributed by atoms with Crippen molar-refractivity contribution in [2.24, 2.45) is 0 Å². The largest absolute Gasteiger partial charge is 0.324 e. The Hall–Kier alpha value is -2.69. The Morgan fingerprint density at radius 2 is 2.30 bits per heavy atom. The second-order valence-electron chi connectivity index (χ2n) is 4.69. The number of thiophene rings is 1. The number of H-pyrrole nitrogens is 1. The Kier molecular flexibility index (Phi) is 4.37. The Bertz CT molecular complexity index is 932. The van der Waals surface area contributed by atoms with Gasteiger partial charge in [-0.25, -0.2) is 0 Å². The lowest BCUT2D eigenvalue weighted by molar-refractivity contribution is -0.116. The van der Waals surface area contributed by atoms with E-state index in [4.69, 9.17) is 18.6 Å². The SMILES string of the molecule is C#Cc1cccc(NC(=O)Cn2c(-c3cccs3)n[nH]c2=S)c1. The molecule has 0 aliphatic rings. The van der Waals surface area contributed by atoms with Crippen molar-refractivity contribution in [3.8, 4) is 23.0 Å².